The summed E-state index contributed by atoms with van der Waals surface area (Å²) in [4.78, 5) is 11.7. The van der Waals surface area contributed by atoms with Crippen LogP contribution in [-0.2, 0) is 0 Å². The second kappa shape index (κ2) is 6.13. The van der Waals surface area contributed by atoms with Crippen molar-refractivity contribution >= 4 is 33.4 Å². The van der Waals surface area contributed by atoms with E-state index in [1.165, 1.54) is 0 Å². The Morgan fingerprint density at radius 3 is 2.93 bits per heavy atom. The standard InChI is InChI=1S/C11H13BrClNO/c1-2-3-6-14-11(15)9-7-8(13)4-5-10(9)12/h4-5,7H,2-3,6H2,1H3,(H,14,15). The molecule has 4 heteroatoms. The molecule has 0 aliphatic carbocycles. The first kappa shape index (κ1) is 12.5. The molecule has 82 valence electrons. The van der Waals surface area contributed by atoms with Gasteiger partial charge in [-0.2, -0.15) is 0 Å². The zero-order chi connectivity index (χ0) is 11.3. The van der Waals surface area contributed by atoms with E-state index >= 15 is 0 Å². The lowest BCUT2D eigenvalue weighted by Crippen LogP contribution is -2.24. The molecule has 1 amide bonds. The molecule has 0 aromatic heterocycles. The topological polar surface area (TPSA) is 29.1 Å². The van der Waals surface area contributed by atoms with Crippen molar-refractivity contribution in [2.75, 3.05) is 6.54 Å². The molecule has 0 radical (unpaired) electrons. The predicted molar refractivity (Wildman–Crippen MR) is 66.4 cm³/mol. The molecule has 0 fully saturated rings. The fourth-order valence-electron chi connectivity index (χ4n) is 1.15. The van der Waals surface area contributed by atoms with Crippen molar-refractivity contribution < 1.29 is 4.79 Å². The van der Waals surface area contributed by atoms with Crippen LogP contribution >= 0.6 is 27.5 Å². The third-order valence-corrected chi connectivity index (χ3v) is 2.92. The summed E-state index contributed by atoms with van der Waals surface area (Å²) < 4.78 is 0.765. The van der Waals surface area contributed by atoms with Crippen LogP contribution < -0.4 is 5.32 Å². The van der Waals surface area contributed by atoms with Crippen LogP contribution in [-0.4, -0.2) is 12.5 Å². The van der Waals surface area contributed by atoms with Crippen molar-refractivity contribution in [2.24, 2.45) is 0 Å². The molecule has 0 heterocycles. The summed E-state index contributed by atoms with van der Waals surface area (Å²) in [6.45, 7) is 2.79. The number of carbonyl (C=O) groups is 1. The molecule has 0 spiro atoms. The fourth-order valence-corrected chi connectivity index (χ4v) is 1.74. The SMILES string of the molecule is CCCCNC(=O)c1cc(Cl)ccc1Br. The van der Waals surface area contributed by atoms with Crippen molar-refractivity contribution in [1.82, 2.24) is 5.32 Å². The van der Waals surface area contributed by atoms with Gasteiger partial charge < -0.3 is 5.32 Å². The molecular weight excluding hydrogens is 277 g/mol. The number of benzene rings is 1. The summed E-state index contributed by atoms with van der Waals surface area (Å²) in [6, 6.07) is 5.18. The summed E-state index contributed by atoms with van der Waals surface area (Å²) in [5, 5.41) is 3.41. The quantitative estimate of drug-likeness (QED) is 0.843. The Hall–Kier alpha value is -0.540. The van der Waals surface area contributed by atoms with E-state index in [2.05, 4.69) is 28.2 Å². The minimum Gasteiger partial charge on any atom is -0.352 e. The zero-order valence-corrected chi connectivity index (χ0v) is 10.9. The van der Waals surface area contributed by atoms with Gasteiger partial charge in [-0.3, -0.25) is 4.79 Å². The number of hydrogen-bond acceptors (Lipinski definition) is 1. The summed E-state index contributed by atoms with van der Waals surface area (Å²) in [7, 11) is 0. The van der Waals surface area contributed by atoms with Crippen LogP contribution in [0.1, 0.15) is 30.1 Å². The monoisotopic (exact) mass is 289 g/mol. The lowest BCUT2D eigenvalue weighted by atomic mass is 10.2. The normalized spacial score (nSPS) is 10.1. The average Bonchev–Trinajstić information content (AvgIpc) is 2.22. The van der Waals surface area contributed by atoms with Crippen molar-refractivity contribution in [1.29, 1.82) is 0 Å². The molecule has 0 unspecified atom stereocenters. The second-order valence-corrected chi connectivity index (χ2v) is 4.52. The van der Waals surface area contributed by atoms with E-state index < -0.39 is 0 Å². The second-order valence-electron chi connectivity index (χ2n) is 3.23. The maximum atomic E-state index is 11.7. The molecule has 0 saturated heterocycles. The van der Waals surface area contributed by atoms with E-state index in [1.807, 2.05) is 0 Å². The fraction of sp³-hybridized carbons (Fsp3) is 0.364. The molecule has 0 aliphatic rings. The lowest BCUT2D eigenvalue weighted by Gasteiger charge is -2.06. The highest BCUT2D eigenvalue weighted by Crippen LogP contribution is 2.20. The van der Waals surface area contributed by atoms with E-state index in [9.17, 15) is 4.79 Å². The van der Waals surface area contributed by atoms with Gasteiger partial charge in [-0.15, -0.1) is 0 Å². The van der Waals surface area contributed by atoms with Crippen LogP contribution in [0.25, 0.3) is 0 Å². The van der Waals surface area contributed by atoms with Gasteiger partial charge in [-0.05, 0) is 40.5 Å². The van der Waals surface area contributed by atoms with Crippen LogP contribution in [0.3, 0.4) is 0 Å². The summed E-state index contributed by atoms with van der Waals surface area (Å²) in [6.07, 6.45) is 2.06. The first-order valence-corrected chi connectivity index (χ1v) is 6.05. The van der Waals surface area contributed by atoms with Gasteiger partial charge >= 0.3 is 0 Å². The Morgan fingerprint density at radius 1 is 1.53 bits per heavy atom. The van der Waals surface area contributed by atoms with Crippen molar-refractivity contribution in [3.05, 3.63) is 33.3 Å². The maximum Gasteiger partial charge on any atom is 0.252 e. The van der Waals surface area contributed by atoms with Crippen molar-refractivity contribution in [2.45, 2.75) is 19.8 Å². The number of halogens is 2. The van der Waals surface area contributed by atoms with E-state index in [4.69, 9.17) is 11.6 Å². The van der Waals surface area contributed by atoms with Gasteiger partial charge in [0.05, 0.1) is 5.56 Å². The molecule has 1 rings (SSSR count). The number of unbranched alkanes of at least 4 members (excludes halogenated alkanes) is 1. The Balaban J connectivity index is 2.68. The van der Waals surface area contributed by atoms with Crippen LogP contribution in [0.15, 0.2) is 22.7 Å². The minimum atomic E-state index is -0.0853. The number of carbonyl (C=O) groups excluding carboxylic acids is 1. The van der Waals surface area contributed by atoms with Crippen LogP contribution in [0, 0.1) is 0 Å². The van der Waals surface area contributed by atoms with Gasteiger partial charge in [0.2, 0.25) is 0 Å². The minimum absolute atomic E-state index is 0.0853. The molecule has 1 aromatic rings. The van der Waals surface area contributed by atoms with E-state index in [0.717, 1.165) is 17.3 Å². The van der Waals surface area contributed by atoms with Gasteiger partial charge in [0, 0.05) is 16.0 Å². The van der Waals surface area contributed by atoms with Gasteiger partial charge in [-0.25, -0.2) is 0 Å². The lowest BCUT2D eigenvalue weighted by molar-refractivity contribution is 0.0952. The molecule has 1 N–H and O–H groups in total. The van der Waals surface area contributed by atoms with E-state index in [0.29, 0.717) is 17.1 Å². The molecular formula is C11H13BrClNO. The average molecular weight is 291 g/mol. The highest BCUT2D eigenvalue weighted by molar-refractivity contribution is 9.10. The van der Waals surface area contributed by atoms with Gasteiger partial charge in [-0.1, -0.05) is 24.9 Å². The highest BCUT2D eigenvalue weighted by atomic mass is 79.9. The Morgan fingerprint density at radius 2 is 2.27 bits per heavy atom. The smallest absolute Gasteiger partial charge is 0.252 e. The first-order valence-electron chi connectivity index (χ1n) is 4.88. The van der Waals surface area contributed by atoms with Crippen molar-refractivity contribution in [3.63, 3.8) is 0 Å². The molecule has 1 aromatic carbocycles. The molecule has 0 aliphatic heterocycles. The molecule has 15 heavy (non-hydrogen) atoms. The van der Waals surface area contributed by atoms with E-state index in [-0.39, 0.29) is 5.91 Å². The number of nitrogens with one attached hydrogen (secondary N) is 1. The third-order valence-electron chi connectivity index (χ3n) is 1.99. The van der Waals surface area contributed by atoms with E-state index in [1.54, 1.807) is 18.2 Å². The molecule has 0 atom stereocenters. The molecule has 2 nitrogen and oxygen atoms in total. The summed E-state index contributed by atoms with van der Waals surface area (Å²) in [5.41, 5.74) is 0.582. The largest absolute Gasteiger partial charge is 0.352 e. The Kier molecular flexibility index (Phi) is 5.12. The number of amides is 1. The van der Waals surface area contributed by atoms with Crippen LogP contribution in [0.2, 0.25) is 5.02 Å². The van der Waals surface area contributed by atoms with Crippen LogP contribution in [0.5, 0.6) is 0 Å². The highest BCUT2D eigenvalue weighted by Gasteiger charge is 2.09. The first-order chi connectivity index (χ1) is 7.15. The van der Waals surface area contributed by atoms with Gasteiger partial charge in [0.15, 0.2) is 0 Å². The summed E-state index contributed by atoms with van der Waals surface area (Å²) in [5.74, 6) is -0.0853. The Bertz CT molecular complexity index is 354. The zero-order valence-electron chi connectivity index (χ0n) is 8.52. The van der Waals surface area contributed by atoms with Gasteiger partial charge in [0.1, 0.15) is 0 Å². The van der Waals surface area contributed by atoms with Gasteiger partial charge in [0.25, 0.3) is 5.91 Å². The predicted octanol–water partition coefficient (Wildman–Crippen LogP) is 3.63. The Labute approximate surface area is 103 Å². The third kappa shape index (κ3) is 3.84. The maximum absolute atomic E-state index is 11.7. The van der Waals surface area contributed by atoms with Crippen LogP contribution in [0.4, 0.5) is 0 Å². The number of hydrogen-bond donors (Lipinski definition) is 1. The number of rotatable bonds is 4. The molecule has 0 saturated carbocycles. The summed E-state index contributed by atoms with van der Waals surface area (Å²) >= 11 is 9.14. The molecule has 0 bridgehead atoms. The van der Waals surface area contributed by atoms with Crippen molar-refractivity contribution in [3.8, 4) is 0 Å².